The van der Waals surface area contributed by atoms with E-state index in [9.17, 15) is 4.21 Å². The van der Waals surface area contributed by atoms with Gasteiger partial charge in [-0.15, -0.1) is 0 Å². The van der Waals surface area contributed by atoms with Crippen LogP contribution in [0.4, 0.5) is 0 Å². The van der Waals surface area contributed by atoms with Crippen molar-refractivity contribution in [1.29, 1.82) is 0 Å². The van der Waals surface area contributed by atoms with Crippen LogP contribution in [-0.4, -0.2) is 38.4 Å². The standard InChI is InChI=1S/C16H18N4O3S/c1-9-7-17-12(10(2)14(9)23-4)8-24(21)16-18-11-5-6-13(22-3)19-15(11)20-16/h5-7H,8H2,1-4H3,(H,18,19,20)/i7D. The molecule has 3 aromatic heterocycles. The van der Waals surface area contributed by atoms with Crippen LogP contribution in [0.1, 0.15) is 18.2 Å². The Kier molecular flexibility index (Phi) is 4.12. The van der Waals surface area contributed by atoms with Gasteiger partial charge in [0.05, 0.1) is 43.4 Å². The highest BCUT2D eigenvalue weighted by Crippen LogP contribution is 2.25. The van der Waals surface area contributed by atoms with Gasteiger partial charge in [0.15, 0.2) is 10.8 Å². The van der Waals surface area contributed by atoms with Gasteiger partial charge in [-0.3, -0.25) is 9.19 Å². The SMILES string of the molecule is [2H]c1nc(CS(=O)c2nc3nc(OC)ccc3[nH]2)c(C)c(OC)c1C. The normalized spacial score (nSPS) is 12.9. The van der Waals surface area contributed by atoms with Crippen LogP contribution in [0.15, 0.2) is 23.5 Å². The summed E-state index contributed by atoms with van der Waals surface area (Å²) in [7, 11) is 1.61. The highest BCUT2D eigenvalue weighted by atomic mass is 32.2. The van der Waals surface area contributed by atoms with E-state index in [1.54, 1.807) is 26.2 Å². The molecule has 0 aliphatic heterocycles. The molecular weight excluding hydrogens is 328 g/mol. The summed E-state index contributed by atoms with van der Waals surface area (Å²) in [5, 5.41) is 0.308. The van der Waals surface area contributed by atoms with Gasteiger partial charge in [-0.2, -0.15) is 4.98 Å². The van der Waals surface area contributed by atoms with Crippen molar-refractivity contribution in [3.05, 3.63) is 35.1 Å². The zero-order valence-electron chi connectivity index (χ0n) is 14.8. The van der Waals surface area contributed by atoms with Gasteiger partial charge in [-0.05, 0) is 19.9 Å². The van der Waals surface area contributed by atoms with Crippen molar-refractivity contribution >= 4 is 22.0 Å². The van der Waals surface area contributed by atoms with Gasteiger partial charge in [0.25, 0.3) is 0 Å². The molecule has 0 aliphatic rings. The molecule has 0 spiro atoms. The van der Waals surface area contributed by atoms with Gasteiger partial charge in [0.2, 0.25) is 5.88 Å². The van der Waals surface area contributed by atoms with E-state index >= 15 is 0 Å². The van der Waals surface area contributed by atoms with E-state index in [4.69, 9.17) is 10.8 Å². The van der Waals surface area contributed by atoms with Crippen LogP contribution in [0.25, 0.3) is 11.2 Å². The first kappa shape index (κ1) is 15.1. The van der Waals surface area contributed by atoms with Crippen LogP contribution in [-0.2, 0) is 16.6 Å². The van der Waals surface area contributed by atoms with Crippen molar-refractivity contribution in [3.8, 4) is 11.6 Å². The number of imidazole rings is 1. The molecule has 126 valence electrons. The number of aromatic nitrogens is 4. The average molecular weight is 347 g/mol. The number of H-pyrrole nitrogens is 1. The van der Waals surface area contributed by atoms with E-state index in [1.807, 2.05) is 6.92 Å². The van der Waals surface area contributed by atoms with Crippen molar-refractivity contribution in [2.45, 2.75) is 24.8 Å². The highest BCUT2D eigenvalue weighted by Gasteiger charge is 2.16. The summed E-state index contributed by atoms with van der Waals surface area (Å²) < 4.78 is 31.1. The third-order valence-corrected chi connectivity index (χ3v) is 4.83. The Labute approximate surface area is 143 Å². The second kappa shape index (κ2) is 6.56. The lowest BCUT2D eigenvalue weighted by molar-refractivity contribution is 0.399. The number of pyridine rings is 2. The summed E-state index contributed by atoms with van der Waals surface area (Å²) in [4.78, 5) is 15.7. The molecule has 0 radical (unpaired) electrons. The summed E-state index contributed by atoms with van der Waals surface area (Å²) in [6.45, 7) is 3.62. The molecule has 1 unspecified atom stereocenters. The molecule has 3 heterocycles. The Morgan fingerprint density at radius 1 is 1.25 bits per heavy atom. The molecule has 0 saturated carbocycles. The number of methoxy groups -OCH3 is 2. The van der Waals surface area contributed by atoms with Crippen LogP contribution in [0.3, 0.4) is 0 Å². The molecule has 7 nitrogen and oxygen atoms in total. The van der Waals surface area contributed by atoms with Gasteiger partial charge in [-0.1, -0.05) is 0 Å². The molecule has 24 heavy (non-hydrogen) atoms. The second-order valence-corrected chi connectivity index (χ2v) is 6.58. The lowest BCUT2D eigenvalue weighted by Gasteiger charge is -2.11. The highest BCUT2D eigenvalue weighted by molar-refractivity contribution is 7.84. The van der Waals surface area contributed by atoms with Crippen molar-refractivity contribution < 1.29 is 15.1 Å². The Balaban J connectivity index is 1.94. The first-order valence-corrected chi connectivity index (χ1v) is 8.56. The molecule has 0 fully saturated rings. The molecule has 0 aromatic carbocycles. The van der Waals surface area contributed by atoms with Crippen molar-refractivity contribution in [1.82, 2.24) is 19.9 Å². The van der Waals surface area contributed by atoms with E-state index < -0.39 is 10.8 Å². The number of rotatable bonds is 5. The number of nitrogens with zero attached hydrogens (tertiary/aromatic N) is 3. The zero-order chi connectivity index (χ0) is 18.1. The minimum absolute atomic E-state index is 0.116. The predicted octanol–water partition coefficient (Wildman–Crippen LogP) is 2.29. The minimum Gasteiger partial charge on any atom is -0.496 e. The summed E-state index contributed by atoms with van der Waals surface area (Å²) >= 11 is 0. The molecule has 0 aliphatic carbocycles. The number of hydrogen-bond acceptors (Lipinski definition) is 6. The fraction of sp³-hybridized carbons (Fsp3) is 0.312. The van der Waals surface area contributed by atoms with Crippen molar-refractivity contribution in [2.24, 2.45) is 0 Å². The fourth-order valence-corrected chi connectivity index (χ4v) is 3.49. The first-order valence-electron chi connectivity index (χ1n) is 7.74. The van der Waals surface area contributed by atoms with Gasteiger partial charge in [-0.25, -0.2) is 4.98 Å². The summed E-state index contributed by atoms with van der Waals surface area (Å²) in [6, 6.07) is 3.48. The summed E-state index contributed by atoms with van der Waals surface area (Å²) in [5.41, 5.74) is 3.11. The molecule has 1 N–H and O–H groups in total. The van der Waals surface area contributed by atoms with Crippen LogP contribution in [0.5, 0.6) is 11.6 Å². The van der Waals surface area contributed by atoms with E-state index in [0.717, 1.165) is 5.56 Å². The Hall–Kier alpha value is -2.48. The minimum atomic E-state index is -1.46. The smallest absolute Gasteiger partial charge is 0.215 e. The average Bonchev–Trinajstić information content (AvgIpc) is 3.03. The van der Waals surface area contributed by atoms with Crippen LogP contribution in [0, 0.1) is 13.8 Å². The molecule has 0 amide bonds. The molecular formula is C16H18N4O3S. The van der Waals surface area contributed by atoms with Gasteiger partial charge in [0.1, 0.15) is 5.75 Å². The molecule has 0 saturated heterocycles. The van der Waals surface area contributed by atoms with Crippen molar-refractivity contribution in [2.75, 3.05) is 14.2 Å². The topological polar surface area (TPSA) is 90.0 Å². The Morgan fingerprint density at radius 3 is 2.75 bits per heavy atom. The van der Waals surface area contributed by atoms with E-state index in [0.29, 0.717) is 39.2 Å². The molecule has 0 bridgehead atoms. The number of ether oxygens (including phenoxy) is 2. The predicted molar refractivity (Wildman–Crippen MR) is 90.8 cm³/mol. The van der Waals surface area contributed by atoms with E-state index in [1.165, 1.54) is 7.11 Å². The number of aromatic amines is 1. The maximum absolute atomic E-state index is 12.7. The molecule has 3 rings (SSSR count). The van der Waals surface area contributed by atoms with E-state index in [2.05, 4.69) is 19.9 Å². The maximum Gasteiger partial charge on any atom is 0.215 e. The summed E-state index contributed by atoms with van der Waals surface area (Å²) in [5.74, 6) is 1.17. The van der Waals surface area contributed by atoms with Crippen LogP contribution in [0.2, 0.25) is 0 Å². The largest absolute Gasteiger partial charge is 0.496 e. The third-order valence-electron chi connectivity index (χ3n) is 3.67. The first-order chi connectivity index (χ1) is 11.9. The van der Waals surface area contributed by atoms with Crippen LogP contribution >= 0.6 is 0 Å². The molecule has 1 atom stereocenters. The van der Waals surface area contributed by atoms with Gasteiger partial charge >= 0.3 is 0 Å². The quantitative estimate of drug-likeness (QED) is 0.761. The van der Waals surface area contributed by atoms with Gasteiger partial charge < -0.3 is 14.5 Å². The Bertz CT molecular complexity index is 974. The lowest BCUT2D eigenvalue weighted by Crippen LogP contribution is -2.05. The van der Waals surface area contributed by atoms with Crippen LogP contribution < -0.4 is 9.47 Å². The van der Waals surface area contributed by atoms with Crippen molar-refractivity contribution in [3.63, 3.8) is 0 Å². The lowest BCUT2D eigenvalue weighted by atomic mass is 10.1. The molecule has 8 heteroatoms. The maximum atomic E-state index is 12.7. The number of nitrogens with one attached hydrogen (secondary N) is 1. The number of hydrogen-bond donors (Lipinski definition) is 1. The Morgan fingerprint density at radius 2 is 2.04 bits per heavy atom. The van der Waals surface area contributed by atoms with E-state index in [-0.39, 0.29) is 11.9 Å². The monoisotopic (exact) mass is 347 g/mol. The second-order valence-electron chi connectivity index (χ2n) is 5.21. The third kappa shape index (κ3) is 2.96. The zero-order valence-corrected chi connectivity index (χ0v) is 14.7. The summed E-state index contributed by atoms with van der Waals surface area (Å²) in [6.07, 6.45) is 0.116. The number of fused-ring (bicyclic) bond motifs is 1. The molecule has 3 aromatic rings. The van der Waals surface area contributed by atoms with Gasteiger partial charge in [0, 0.05) is 23.4 Å². The fourth-order valence-electron chi connectivity index (χ4n) is 2.41.